The topological polar surface area (TPSA) is 29.1 Å². The molecule has 0 spiro atoms. The van der Waals surface area contributed by atoms with Gasteiger partial charge in [-0.05, 0) is 0 Å². The van der Waals surface area contributed by atoms with Crippen molar-refractivity contribution in [3.8, 4) is 0 Å². The minimum Gasteiger partial charge on any atom is -1.00 e. The molecule has 3 rings (SSSR count). The van der Waals surface area contributed by atoms with E-state index in [-0.39, 0.29) is 30.7 Å². The van der Waals surface area contributed by atoms with Gasteiger partial charge in [0, 0.05) is 0 Å². The van der Waals surface area contributed by atoms with Gasteiger partial charge < -0.3 is 24.8 Å². The summed E-state index contributed by atoms with van der Waals surface area (Å²) < 4.78 is 4.18. The van der Waals surface area contributed by atoms with Gasteiger partial charge in [-0.15, -0.1) is 0 Å². The quantitative estimate of drug-likeness (QED) is 0.448. The van der Waals surface area contributed by atoms with Crippen molar-refractivity contribution in [2.75, 3.05) is 0 Å². The molecule has 6 heteroatoms. The molecule has 0 saturated heterocycles. The summed E-state index contributed by atoms with van der Waals surface area (Å²) in [5.74, 6) is -0.0502. The van der Waals surface area contributed by atoms with E-state index in [9.17, 15) is 4.79 Å². The average molecular weight is 628 g/mol. The van der Waals surface area contributed by atoms with Crippen LogP contribution in [0.3, 0.4) is 0 Å². The maximum Gasteiger partial charge on any atom is -1.00 e. The third-order valence-corrected chi connectivity index (χ3v) is 30.5. The van der Waals surface area contributed by atoms with Crippen LogP contribution in [0.25, 0.3) is 6.08 Å². The maximum absolute atomic E-state index is 13.6. The molecule has 1 aliphatic rings. The van der Waals surface area contributed by atoms with Crippen molar-refractivity contribution >= 4 is 18.0 Å². The van der Waals surface area contributed by atoms with Gasteiger partial charge in [0.15, 0.2) is 0 Å². The number of rotatable bonds is 6. The first kappa shape index (κ1) is 27.4. The molecular formula is C24H32Cl2HfNOSi. The Hall–Kier alpha value is -0.683. The van der Waals surface area contributed by atoms with E-state index < -0.39 is 26.9 Å². The summed E-state index contributed by atoms with van der Waals surface area (Å²) in [6, 6.07) is 15.1. The minimum atomic E-state index is -2.37. The number of amides is 1. The van der Waals surface area contributed by atoms with E-state index in [1.807, 2.05) is 0 Å². The Morgan fingerprint density at radius 2 is 1.50 bits per heavy atom. The van der Waals surface area contributed by atoms with Gasteiger partial charge in [-0.25, -0.2) is 0 Å². The second-order valence-electron chi connectivity index (χ2n) is 8.65. The molecule has 0 fully saturated rings. The SMILES string of the molecule is CC(C)c1cccc(C(C)C)c1C(=O)[NH][Hf+2]([CH]1C=Cc2ccccc21)[SiH](C)C.[Cl-].[Cl-]. The van der Waals surface area contributed by atoms with E-state index in [4.69, 9.17) is 0 Å². The minimum absolute atomic E-state index is 0. The number of hydrogen-bond donors (Lipinski definition) is 1. The molecular weight excluding hydrogens is 596 g/mol. The van der Waals surface area contributed by atoms with Crippen LogP contribution in [-0.4, -0.2) is 11.9 Å². The number of carbonyl (C=O) groups is 1. The van der Waals surface area contributed by atoms with Crippen LogP contribution < -0.4 is 28.1 Å². The largest absolute Gasteiger partial charge is 1.00 e. The molecule has 1 aliphatic carbocycles. The van der Waals surface area contributed by atoms with Crippen molar-refractivity contribution in [3.05, 3.63) is 76.4 Å². The first-order valence-corrected chi connectivity index (χ1v) is 23.4. The van der Waals surface area contributed by atoms with Crippen LogP contribution in [0.1, 0.15) is 75.8 Å². The Morgan fingerprint density at radius 3 is 2.03 bits per heavy atom. The van der Waals surface area contributed by atoms with E-state index in [1.165, 1.54) is 22.3 Å². The third kappa shape index (κ3) is 5.76. The van der Waals surface area contributed by atoms with Crippen LogP contribution in [0.5, 0.6) is 0 Å². The van der Waals surface area contributed by atoms with Crippen molar-refractivity contribution in [2.45, 2.75) is 56.3 Å². The second-order valence-corrected chi connectivity index (χ2v) is 34.9. The Labute approximate surface area is 203 Å². The molecule has 161 valence electrons. The number of allylic oxidation sites excluding steroid dienone is 1. The molecule has 2 nitrogen and oxygen atoms in total. The number of halogens is 2. The molecule has 1 unspecified atom stereocenters. The van der Waals surface area contributed by atoms with Crippen molar-refractivity contribution in [2.24, 2.45) is 0 Å². The predicted molar refractivity (Wildman–Crippen MR) is 119 cm³/mol. The van der Waals surface area contributed by atoms with Crippen LogP contribution in [0, 0.1) is 0 Å². The van der Waals surface area contributed by atoms with Gasteiger partial charge >= 0.3 is 180 Å². The van der Waals surface area contributed by atoms with Crippen LogP contribution in [0.4, 0.5) is 0 Å². The zero-order valence-corrected chi connectivity index (χ0v) is 24.9. The number of hydrogen-bond acceptors (Lipinski definition) is 1. The summed E-state index contributed by atoms with van der Waals surface area (Å²) >= 11 is -2.37. The summed E-state index contributed by atoms with van der Waals surface area (Å²) in [6.45, 7) is 13.6. The van der Waals surface area contributed by atoms with E-state index in [0.717, 1.165) is 5.56 Å². The Balaban J connectivity index is 0.00000225. The maximum atomic E-state index is 13.6. The Bertz CT molecular complexity index is 872. The fourth-order valence-electron chi connectivity index (χ4n) is 4.11. The van der Waals surface area contributed by atoms with Gasteiger partial charge in [-0.2, -0.15) is 0 Å². The fraction of sp³-hybridized carbons (Fsp3) is 0.375. The van der Waals surface area contributed by atoms with Crippen LogP contribution in [0.2, 0.25) is 13.1 Å². The Morgan fingerprint density at radius 1 is 0.933 bits per heavy atom. The summed E-state index contributed by atoms with van der Waals surface area (Å²) in [6.07, 6.45) is 4.63. The van der Waals surface area contributed by atoms with E-state index in [2.05, 4.69) is 98.7 Å². The molecule has 1 N–H and O–H groups in total. The smallest absolute Gasteiger partial charge is 1.00 e. The zero-order chi connectivity index (χ0) is 20.4. The van der Waals surface area contributed by atoms with E-state index in [0.29, 0.717) is 15.5 Å². The van der Waals surface area contributed by atoms with Crippen molar-refractivity contribution in [3.63, 3.8) is 0 Å². The van der Waals surface area contributed by atoms with Gasteiger partial charge in [0.25, 0.3) is 0 Å². The molecule has 0 saturated carbocycles. The molecule has 1 amide bonds. The van der Waals surface area contributed by atoms with Gasteiger partial charge in [0.2, 0.25) is 0 Å². The first-order valence-electron chi connectivity index (χ1n) is 10.4. The van der Waals surface area contributed by atoms with Crippen molar-refractivity contribution in [1.29, 1.82) is 0 Å². The number of carbonyl (C=O) groups excluding carboxylic acids is 1. The van der Waals surface area contributed by atoms with Gasteiger partial charge in [-0.3, -0.25) is 0 Å². The van der Waals surface area contributed by atoms with Crippen LogP contribution in [0.15, 0.2) is 48.5 Å². The molecule has 0 bridgehead atoms. The number of benzene rings is 2. The average Bonchev–Trinajstić information content (AvgIpc) is 3.08. The molecule has 2 aromatic carbocycles. The van der Waals surface area contributed by atoms with E-state index in [1.54, 1.807) is 0 Å². The Kier molecular flexibility index (Phi) is 10.8. The summed E-state index contributed by atoms with van der Waals surface area (Å²) in [5, 5.41) is 0. The zero-order valence-electron chi connectivity index (χ0n) is 18.7. The standard InChI is InChI=1S/C13H19NO.C9H7.C2H7Si.2ClH.Hf/c1-8(2)10-6-5-7-11(9(3)4)12(10)13(14)15;1-2-5-9-7-3-6-8(9)4-1;1-3-2;;;/h5-9H,1-4H3,(H2,14,15);1-7H;3H,1-2H3;2*1H;/q;;;;;+3/p-3. The van der Waals surface area contributed by atoms with Crippen LogP contribution >= 0.6 is 0 Å². The normalized spacial score (nSPS) is 14.4. The molecule has 2 aromatic rings. The van der Waals surface area contributed by atoms with Crippen LogP contribution in [-0.2, 0) is 20.9 Å². The molecule has 30 heavy (non-hydrogen) atoms. The number of fused-ring (bicyclic) bond motifs is 1. The monoisotopic (exact) mass is 628 g/mol. The van der Waals surface area contributed by atoms with Gasteiger partial charge in [-0.1, -0.05) is 0 Å². The summed E-state index contributed by atoms with van der Waals surface area (Å²) in [5.41, 5.74) is 6.08. The molecule has 0 heterocycles. The third-order valence-electron chi connectivity index (χ3n) is 5.61. The summed E-state index contributed by atoms with van der Waals surface area (Å²) in [4.78, 5) is 13.6. The second kappa shape index (κ2) is 11.8. The van der Waals surface area contributed by atoms with Crippen molar-refractivity contribution in [1.82, 2.24) is 3.30 Å². The molecule has 0 aliphatic heterocycles. The fourth-order valence-corrected chi connectivity index (χ4v) is 24.6. The van der Waals surface area contributed by atoms with E-state index >= 15 is 0 Å². The summed E-state index contributed by atoms with van der Waals surface area (Å²) in [7, 11) is 0. The van der Waals surface area contributed by atoms with Crippen molar-refractivity contribution < 1.29 is 50.5 Å². The molecule has 0 radical (unpaired) electrons. The number of nitrogens with one attached hydrogen (secondary N) is 1. The van der Waals surface area contributed by atoms with Gasteiger partial charge in [0.05, 0.1) is 0 Å². The molecule has 1 atom stereocenters. The molecule has 0 aromatic heterocycles. The first-order chi connectivity index (χ1) is 13.3. The predicted octanol–water partition coefficient (Wildman–Crippen LogP) is -0.0441. The van der Waals surface area contributed by atoms with Gasteiger partial charge in [0.1, 0.15) is 0 Å².